The Bertz CT molecular complexity index is 318. The van der Waals surface area contributed by atoms with Gasteiger partial charge in [-0.1, -0.05) is 12.8 Å². The molecule has 1 unspecified atom stereocenters. The number of nitrogens with zero attached hydrogens (tertiary/aromatic N) is 1. The minimum atomic E-state index is 0.0834. The molecular weight excluding hydrogens is 190 g/mol. The molecule has 15 heavy (non-hydrogen) atoms. The summed E-state index contributed by atoms with van der Waals surface area (Å²) >= 11 is 0. The highest BCUT2D eigenvalue weighted by Gasteiger charge is 2.58. The first-order chi connectivity index (χ1) is 7.21. The number of carbonyl (C=O) groups is 2. The molecule has 0 N–H and O–H groups in total. The molecule has 0 aromatic rings. The van der Waals surface area contributed by atoms with Crippen molar-refractivity contribution in [1.82, 2.24) is 4.90 Å². The van der Waals surface area contributed by atoms with Crippen LogP contribution >= 0.6 is 0 Å². The maximum atomic E-state index is 11.7. The van der Waals surface area contributed by atoms with Gasteiger partial charge in [0.15, 0.2) is 0 Å². The average Bonchev–Trinajstić information content (AvgIpc) is 2.67. The molecule has 1 aliphatic heterocycles. The Hall–Kier alpha value is -0.860. The summed E-state index contributed by atoms with van der Waals surface area (Å²) in [4.78, 5) is 24.9. The highest BCUT2D eigenvalue weighted by Crippen LogP contribution is 2.60. The predicted molar refractivity (Wildman–Crippen MR) is 55.3 cm³/mol. The Balaban J connectivity index is 1.69. The number of ketones is 1. The van der Waals surface area contributed by atoms with Crippen molar-refractivity contribution in [3.05, 3.63) is 0 Å². The molecule has 0 bridgehead atoms. The van der Waals surface area contributed by atoms with Crippen molar-refractivity contribution in [2.45, 2.75) is 51.0 Å². The van der Waals surface area contributed by atoms with Crippen molar-refractivity contribution in [2.24, 2.45) is 5.41 Å². The van der Waals surface area contributed by atoms with E-state index in [1.807, 2.05) is 4.90 Å². The zero-order chi connectivity index (χ0) is 10.5. The van der Waals surface area contributed by atoms with Gasteiger partial charge in [0.1, 0.15) is 5.78 Å². The molecule has 1 amide bonds. The Morgan fingerprint density at radius 3 is 2.60 bits per heavy atom. The molecule has 3 heteroatoms. The van der Waals surface area contributed by atoms with Gasteiger partial charge in [-0.05, 0) is 24.7 Å². The molecule has 1 saturated heterocycles. The quantitative estimate of drug-likeness (QED) is 0.611. The van der Waals surface area contributed by atoms with Crippen LogP contribution in [-0.2, 0) is 9.59 Å². The number of Topliss-reactive ketones (excluding diaryl/α,β-unsaturated/α-hetero) is 1. The van der Waals surface area contributed by atoms with Crippen LogP contribution in [0.2, 0.25) is 0 Å². The molecule has 1 atom stereocenters. The van der Waals surface area contributed by atoms with E-state index in [1.54, 1.807) is 0 Å². The van der Waals surface area contributed by atoms with Crippen molar-refractivity contribution in [3.8, 4) is 0 Å². The fraction of sp³-hybridized carbons (Fsp3) is 0.833. The molecule has 0 aromatic heterocycles. The fourth-order valence-electron chi connectivity index (χ4n) is 3.44. The van der Waals surface area contributed by atoms with Gasteiger partial charge in [-0.2, -0.15) is 0 Å². The van der Waals surface area contributed by atoms with Crippen LogP contribution in [0.5, 0.6) is 0 Å². The second-order valence-electron chi connectivity index (χ2n) is 5.34. The first kappa shape index (κ1) is 9.37. The summed E-state index contributed by atoms with van der Waals surface area (Å²) in [5.41, 5.74) is 0.482. The SMILES string of the molecule is O=C1CCN(C2CC23CCCC3)C(=O)C1. The van der Waals surface area contributed by atoms with Gasteiger partial charge in [0.25, 0.3) is 0 Å². The molecule has 3 rings (SSSR count). The molecule has 82 valence electrons. The van der Waals surface area contributed by atoms with Crippen LogP contribution in [0.1, 0.15) is 44.9 Å². The van der Waals surface area contributed by atoms with E-state index in [9.17, 15) is 9.59 Å². The van der Waals surface area contributed by atoms with Gasteiger partial charge in [-0.15, -0.1) is 0 Å². The first-order valence-electron chi connectivity index (χ1n) is 6.02. The molecule has 3 nitrogen and oxygen atoms in total. The summed E-state index contributed by atoms with van der Waals surface area (Å²) in [7, 11) is 0. The summed E-state index contributed by atoms with van der Waals surface area (Å²) in [5.74, 6) is 0.206. The minimum absolute atomic E-state index is 0.0834. The number of likely N-dealkylation sites (tertiary alicyclic amines) is 1. The van der Waals surface area contributed by atoms with Gasteiger partial charge in [-0.3, -0.25) is 9.59 Å². The molecular formula is C12H17NO2. The normalized spacial score (nSPS) is 33.9. The largest absolute Gasteiger partial charge is 0.338 e. The summed E-state index contributed by atoms with van der Waals surface area (Å²) < 4.78 is 0. The topological polar surface area (TPSA) is 37.4 Å². The predicted octanol–water partition coefficient (Wildman–Crippen LogP) is 1.51. The second-order valence-corrected chi connectivity index (χ2v) is 5.34. The minimum Gasteiger partial charge on any atom is -0.338 e. The number of carbonyl (C=O) groups excluding carboxylic acids is 2. The van der Waals surface area contributed by atoms with E-state index < -0.39 is 0 Å². The fourth-order valence-corrected chi connectivity index (χ4v) is 3.44. The van der Waals surface area contributed by atoms with Crippen LogP contribution in [0, 0.1) is 5.41 Å². The van der Waals surface area contributed by atoms with Gasteiger partial charge in [0.2, 0.25) is 5.91 Å². The Morgan fingerprint density at radius 1 is 1.20 bits per heavy atom. The van der Waals surface area contributed by atoms with E-state index >= 15 is 0 Å². The summed E-state index contributed by atoms with van der Waals surface area (Å²) in [5, 5.41) is 0. The lowest BCUT2D eigenvalue weighted by molar-refractivity contribution is -0.140. The second kappa shape index (κ2) is 3.06. The highest BCUT2D eigenvalue weighted by molar-refractivity contribution is 6.00. The standard InChI is InChI=1S/C12H17NO2/c14-9-3-6-13(11(15)7-9)10-8-12(10)4-1-2-5-12/h10H,1-8H2. The van der Waals surface area contributed by atoms with Crippen LogP contribution in [0.15, 0.2) is 0 Å². The van der Waals surface area contributed by atoms with Gasteiger partial charge in [0, 0.05) is 19.0 Å². The summed E-state index contributed by atoms with van der Waals surface area (Å²) in [6.45, 7) is 0.685. The lowest BCUT2D eigenvalue weighted by Gasteiger charge is -2.28. The third-order valence-corrected chi connectivity index (χ3v) is 4.42. The van der Waals surface area contributed by atoms with Crippen molar-refractivity contribution >= 4 is 11.7 Å². The van der Waals surface area contributed by atoms with Crippen LogP contribution in [0.4, 0.5) is 0 Å². The van der Waals surface area contributed by atoms with Crippen molar-refractivity contribution in [1.29, 1.82) is 0 Å². The lowest BCUT2D eigenvalue weighted by atomic mass is 10.0. The van der Waals surface area contributed by atoms with E-state index in [1.165, 1.54) is 32.1 Å². The Labute approximate surface area is 89.8 Å². The molecule has 3 fully saturated rings. The highest BCUT2D eigenvalue weighted by atomic mass is 16.2. The van der Waals surface area contributed by atoms with Crippen LogP contribution in [0.25, 0.3) is 0 Å². The number of hydrogen-bond donors (Lipinski definition) is 0. The third-order valence-electron chi connectivity index (χ3n) is 4.42. The maximum absolute atomic E-state index is 11.7. The molecule has 3 aliphatic rings. The van der Waals surface area contributed by atoms with Gasteiger partial charge in [-0.25, -0.2) is 0 Å². The molecule has 1 spiro atoms. The maximum Gasteiger partial charge on any atom is 0.230 e. The van der Waals surface area contributed by atoms with Gasteiger partial charge in [0.05, 0.1) is 6.42 Å². The molecule has 2 saturated carbocycles. The number of hydrogen-bond acceptors (Lipinski definition) is 2. The van der Waals surface area contributed by atoms with E-state index in [4.69, 9.17) is 0 Å². The molecule has 2 aliphatic carbocycles. The molecule has 0 aromatic carbocycles. The van der Waals surface area contributed by atoms with Crippen molar-refractivity contribution in [3.63, 3.8) is 0 Å². The summed E-state index contributed by atoms with van der Waals surface area (Å²) in [6, 6.07) is 0.487. The first-order valence-corrected chi connectivity index (χ1v) is 6.02. The number of piperidine rings is 1. The zero-order valence-electron chi connectivity index (χ0n) is 9.00. The van der Waals surface area contributed by atoms with Gasteiger partial charge < -0.3 is 4.90 Å². The van der Waals surface area contributed by atoms with Crippen molar-refractivity contribution < 1.29 is 9.59 Å². The third kappa shape index (κ3) is 1.40. The summed E-state index contributed by atoms with van der Waals surface area (Å²) in [6.07, 6.45) is 7.21. The smallest absolute Gasteiger partial charge is 0.230 e. The number of rotatable bonds is 1. The monoisotopic (exact) mass is 207 g/mol. The average molecular weight is 207 g/mol. The van der Waals surface area contributed by atoms with E-state index in [2.05, 4.69) is 0 Å². The number of amides is 1. The molecule has 0 radical (unpaired) electrons. The van der Waals surface area contributed by atoms with Crippen LogP contribution in [0.3, 0.4) is 0 Å². The van der Waals surface area contributed by atoms with Crippen molar-refractivity contribution in [2.75, 3.05) is 6.54 Å². The Morgan fingerprint density at radius 2 is 1.93 bits per heavy atom. The van der Waals surface area contributed by atoms with Crippen LogP contribution in [-0.4, -0.2) is 29.2 Å². The van der Waals surface area contributed by atoms with E-state index in [-0.39, 0.29) is 18.1 Å². The van der Waals surface area contributed by atoms with E-state index in [0.29, 0.717) is 24.4 Å². The molecule has 1 heterocycles. The Kier molecular flexibility index (Phi) is 1.91. The van der Waals surface area contributed by atoms with Crippen LogP contribution < -0.4 is 0 Å². The lowest BCUT2D eigenvalue weighted by Crippen LogP contribution is -2.42. The van der Waals surface area contributed by atoms with Gasteiger partial charge >= 0.3 is 0 Å². The zero-order valence-corrected chi connectivity index (χ0v) is 9.00. The van der Waals surface area contributed by atoms with E-state index in [0.717, 1.165) is 0 Å².